The van der Waals surface area contributed by atoms with Crippen LogP contribution in [0.25, 0.3) is 0 Å². The number of aliphatic hydroxyl groups is 1. The van der Waals surface area contributed by atoms with Crippen molar-refractivity contribution in [1.82, 2.24) is 0 Å². The Morgan fingerprint density at radius 2 is 2.17 bits per heavy atom. The van der Waals surface area contributed by atoms with Crippen molar-refractivity contribution in [2.24, 2.45) is 0 Å². The molecule has 1 heterocycles. The Bertz CT molecular complexity index is 269. The van der Waals surface area contributed by atoms with Gasteiger partial charge in [0.25, 0.3) is 0 Å². The minimum absolute atomic E-state index is 0.198. The SMILES string of the molecule is OCc1bccc2c1CCCC2. The van der Waals surface area contributed by atoms with Crippen molar-refractivity contribution in [2.75, 3.05) is 0 Å². The molecule has 0 unspecified atom stereocenters. The van der Waals surface area contributed by atoms with Crippen molar-refractivity contribution >= 4 is 6.91 Å². The van der Waals surface area contributed by atoms with E-state index in [1.54, 1.807) is 0 Å². The minimum atomic E-state index is 0.198. The maximum atomic E-state index is 9.09. The predicted octanol–water partition coefficient (Wildman–Crippen LogP) is 1.40. The first kappa shape index (κ1) is 8.00. The van der Waals surface area contributed by atoms with Crippen molar-refractivity contribution < 1.29 is 5.11 Å². The summed E-state index contributed by atoms with van der Waals surface area (Å²) in [5, 5.41) is 9.09. The van der Waals surface area contributed by atoms with Gasteiger partial charge in [-0.25, -0.2) is 0 Å². The van der Waals surface area contributed by atoms with Gasteiger partial charge in [0.1, 0.15) is 0 Å². The van der Waals surface area contributed by atoms with Crippen LogP contribution in [-0.2, 0) is 19.4 Å². The second-order valence-electron chi connectivity index (χ2n) is 3.42. The number of hydrogen-bond acceptors (Lipinski definition) is 1. The fraction of sp³-hybridized carbons (Fsp3) is 0.500. The van der Waals surface area contributed by atoms with Crippen molar-refractivity contribution in [3.05, 3.63) is 28.6 Å². The van der Waals surface area contributed by atoms with Gasteiger partial charge in [-0.05, 0) is 0 Å². The molecule has 0 saturated carbocycles. The number of fused-ring (bicyclic) bond motifs is 1. The topological polar surface area (TPSA) is 20.2 Å². The van der Waals surface area contributed by atoms with Gasteiger partial charge in [0.05, 0.1) is 0 Å². The zero-order valence-electron chi connectivity index (χ0n) is 7.21. The molecule has 2 heteroatoms. The van der Waals surface area contributed by atoms with Gasteiger partial charge < -0.3 is 0 Å². The van der Waals surface area contributed by atoms with Gasteiger partial charge in [0.15, 0.2) is 0 Å². The normalized spacial score (nSPS) is 15.4. The molecule has 0 aromatic carbocycles. The van der Waals surface area contributed by atoms with E-state index < -0.39 is 0 Å². The van der Waals surface area contributed by atoms with E-state index in [0.29, 0.717) is 0 Å². The summed E-state index contributed by atoms with van der Waals surface area (Å²) in [5.74, 6) is 2.05. The van der Waals surface area contributed by atoms with Gasteiger partial charge in [0.2, 0.25) is 0 Å². The zero-order valence-corrected chi connectivity index (χ0v) is 7.21. The van der Waals surface area contributed by atoms with Gasteiger partial charge in [-0.3, -0.25) is 0 Å². The van der Waals surface area contributed by atoms with E-state index in [1.807, 2.05) is 6.91 Å². The van der Waals surface area contributed by atoms with Crippen LogP contribution >= 0.6 is 0 Å². The summed E-state index contributed by atoms with van der Waals surface area (Å²) in [5.41, 5.74) is 3.99. The number of aliphatic hydroxyl groups excluding tert-OH is 1. The maximum absolute atomic E-state index is 9.09. The molecule has 62 valence electrons. The van der Waals surface area contributed by atoms with Crippen LogP contribution in [0.1, 0.15) is 29.4 Å². The summed E-state index contributed by atoms with van der Waals surface area (Å²) >= 11 is 0. The quantitative estimate of drug-likeness (QED) is 0.658. The van der Waals surface area contributed by atoms with Crippen molar-refractivity contribution in [3.63, 3.8) is 0 Å². The van der Waals surface area contributed by atoms with Gasteiger partial charge >= 0.3 is 72.9 Å². The molecule has 1 aliphatic rings. The first-order chi connectivity index (χ1) is 5.92. The van der Waals surface area contributed by atoms with Crippen LogP contribution in [0.15, 0.2) is 12.0 Å². The predicted molar refractivity (Wildman–Crippen MR) is 50.4 cm³/mol. The second kappa shape index (κ2) is 3.40. The fourth-order valence-electron chi connectivity index (χ4n) is 2.01. The fourth-order valence-corrected chi connectivity index (χ4v) is 2.01. The van der Waals surface area contributed by atoms with E-state index >= 15 is 0 Å². The Morgan fingerprint density at radius 1 is 1.33 bits per heavy atom. The van der Waals surface area contributed by atoms with Crippen molar-refractivity contribution in [3.8, 4) is 0 Å². The Kier molecular flexibility index (Phi) is 2.27. The summed E-state index contributed by atoms with van der Waals surface area (Å²) < 4.78 is 0. The molecule has 2 rings (SSSR count). The summed E-state index contributed by atoms with van der Waals surface area (Å²) in [6.07, 6.45) is 4.95. The Morgan fingerprint density at radius 3 is 3.00 bits per heavy atom. The molecule has 1 aromatic rings. The molecule has 12 heavy (non-hydrogen) atoms. The van der Waals surface area contributed by atoms with Crippen LogP contribution in [0.3, 0.4) is 0 Å². The van der Waals surface area contributed by atoms with Gasteiger partial charge in [-0.15, -0.1) is 0 Å². The van der Waals surface area contributed by atoms with Crippen LogP contribution < -0.4 is 0 Å². The Labute approximate surface area is 73.6 Å². The van der Waals surface area contributed by atoms with E-state index in [4.69, 9.17) is 5.11 Å². The zero-order chi connectivity index (χ0) is 8.39. The molecule has 1 aliphatic carbocycles. The molecule has 0 aliphatic heterocycles. The summed E-state index contributed by atoms with van der Waals surface area (Å²) in [4.78, 5) is 0. The molecular formula is C10H13BO. The third-order valence-electron chi connectivity index (χ3n) is 2.66. The van der Waals surface area contributed by atoms with E-state index in [0.717, 1.165) is 11.9 Å². The number of hydrogen-bond donors (Lipinski definition) is 1. The van der Waals surface area contributed by atoms with Crippen molar-refractivity contribution in [2.45, 2.75) is 32.3 Å². The molecule has 0 amide bonds. The van der Waals surface area contributed by atoms with E-state index in [1.165, 1.54) is 30.4 Å². The second-order valence-corrected chi connectivity index (χ2v) is 3.42. The van der Waals surface area contributed by atoms with Crippen LogP contribution in [0.4, 0.5) is 0 Å². The Hall–Kier alpha value is -0.625. The summed E-state index contributed by atoms with van der Waals surface area (Å²) in [6, 6.07) is 2.19. The molecular weight excluding hydrogens is 147 g/mol. The van der Waals surface area contributed by atoms with Crippen molar-refractivity contribution in [1.29, 1.82) is 0 Å². The van der Waals surface area contributed by atoms with Crippen LogP contribution in [0.2, 0.25) is 0 Å². The Balaban J connectivity index is 2.44. The summed E-state index contributed by atoms with van der Waals surface area (Å²) in [7, 11) is 0. The number of rotatable bonds is 1. The summed E-state index contributed by atoms with van der Waals surface area (Å²) in [6.45, 7) is 2.23. The molecule has 1 nitrogen and oxygen atoms in total. The van der Waals surface area contributed by atoms with E-state index in [-0.39, 0.29) is 6.61 Å². The average molecular weight is 160 g/mol. The van der Waals surface area contributed by atoms with E-state index in [2.05, 4.69) is 12.0 Å². The van der Waals surface area contributed by atoms with Gasteiger partial charge in [-0.2, -0.15) is 0 Å². The standard InChI is InChI=1S/C10H13BO/c12-7-10-9-4-2-1-3-8(9)5-6-11-10/h5-6,12H,1-4,7H2. The molecule has 0 bridgehead atoms. The first-order valence-electron chi connectivity index (χ1n) is 4.62. The molecule has 1 aromatic heterocycles. The third-order valence-corrected chi connectivity index (χ3v) is 2.66. The monoisotopic (exact) mass is 160 g/mol. The van der Waals surface area contributed by atoms with Crippen LogP contribution in [0.5, 0.6) is 0 Å². The van der Waals surface area contributed by atoms with Gasteiger partial charge in [-0.1, -0.05) is 0 Å². The molecule has 1 N–H and O–H groups in total. The molecule has 0 saturated heterocycles. The first-order valence-corrected chi connectivity index (χ1v) is 4.62. The number of aryl methyl sites for hydroxylation is 1. The average Bonchev–Trinajstić information content (AvgIpc) is 2.17. The van der Waals surface area contributed by atoms with Crippen LogP contribution in [0, 0.1) is 0 Å². The van der Waals surface area contributed by atoms with Gasteiger partial charge in [0, 0.05) is 0 Å². The molecule has 0 atom stereocenters. The third kappa shape index (κ3) is 1.31. The van der Waals surface area contributed by atoms with E-state index in [9.17, 15) is 0 Å². The molecule has 0 fully saturated rings. The molecule has 0 radical (unpaired) electrons. The van der Waals surface area contributed by atoms with Crippen LogP contribution in [-0.4, -0.2) is 12.0 Å². The molecule has 0 spiro atoms.